The number of nitro groups is 1. The third-order valence-electron chi connectivity index (χ3n) is 3.08. The normalized spacial score (nSPS) is 22.4. The fourth-order valence-electron chi connectivity index (χ4n) is 2.15. The Labute approximate surface area is 116 Å². The van der Waals surface area contributed by atoms with Crippen molar-refractivity contribution in [1.82, 2.24) is 15.6 Å². The van der Waals surface area contributed by atoms with Gasteiger partial charge in [0.25, 0.3) is 11.6 Å². The fourth-order valence-corrected chi connectivity index (χ4v) is 2.15. The standard InChI is InChI=1S/C11H16N4O3.ClH/c1-7-4-8(2-3-12-7)14-11(16)10-5-9(6-13-10)15(17)18;/h5-8,12-13H,2-4H2,1H3,(H,14,16);1H. The van der Waals surface area contributed by atoms with Gasteiger partial charge in [0, 0.05) is 18.2 Å². The molecule has 3 N–H and O–H groups in total. The average molecular weight is 289 g/mol. The number of hydrogen-bond donors (Lipinski definition) is 3. The molecule has 0 bridgehead atoms. The molecule has 1 saturated heterocycles. The Kier molecular flexibility index (Phi) is 5.31. The first-order valence-electron chi connectivity index (χ1n) is 5.93. The van der Waals surface area contributed by atoms with E-state index in [2.05, 4.69) is 22.5 Å². The summed E-state index contributed by atoms with van der Waals surface area (Å²) in [6, 6.07) is 1.75. The predicted octanol–water partition coefficient (Wildman–Crippen LogP) is 1.21. The Morgan fingerprint density at radius 3 is 2.89 bits per heavy atom. The molecule has 0 radical (unpaired) electrons. The molecule has 19 heavy (non-hydrogen) atoms. The van der Waals surface area contributed by atoms with Crippen LogP contribution >= 0.6 is 12.4 Å². The zero-order valence-electron chi connectivity index (χ0n) is 10.5. The lowest BCUT2D eigenvalue weighted by atomic mass is 10.0. The Morgan fingerprint density at radius 1 is 1.58 bits per heavy atom. The molecule has 0 spiro atoms. The summed E-state index contributed by atoms with van der Waals surface area (Å²) in [5, 5.41) is 16.7. The van der Waals surface area contributed by atoms with Crippen molar-refractivity contribution < 1.29 is 9.72 Å². The van der Waals surface area contributed by atoms with E-state index >= 15 is 0 Å². The lowest BCUT2D eigenvalue weighted by Crippen LogP contribution is -2.46. The molecule has 0 aliphatic carbocycles. The van der Waals surface area contributed by atoms with Crippen molar-refractivity contribution in [1.29, 1.82) is 0 Å². The highest BCUT2D eigenvalue weighted by atomic mass is 35.5. The number of amides is 1. The lowest BCUT2D eigenvalue weighted by molar-refractivity contribution is -0.384. The van der Waals surface area contributed by atoms with Gasteiger partial charge < -0.3 is 15.6 Å². The molecule has 2 unspecified atom stereocenters. The molecular weight excluding hydrogens is 272 g/mol. The molecule has 1 aliphatic rings. The van der Waals surface area contributed by atoms with Crippen LogP contribution in [0.15, 0.2) is 12.3 Å². The first kappa shape index (κ1) is 15.5. The van der Waals surface area contributed by atoms with Gasteiger partial charge in [-0.2, -0.15) is 0 Å². The second-order valence-electron chi connectivity index (χ2n) is 4.58. The van der Waals surface area contributed by atoms with E-state index in [0.29, 0.717) is 6.04 Å². The van der Waals surface area contributed by atoms with Crippen molar-refractivity contribution in [3.05, 3.63) is 28.1 Å². The number of hydrogen-bond acceptors (Lipinski definition) is 4. The third-order valence-corrected chi connectivity index (χ3v) is 3.08. The van der Waals surface area contributed by atoms with E-state index < -0.39 is 4.92 Å². The molecule has 0 aromatic carbocycles. The molecule has 106 valence electrons. The molecule has 2 heterocycles. The summed E-state index contributed by atoms with van der Waals surface area (Å²) in [5.41, 5.74) is 0.131. The van der Waals surface area contributed by atoms with Crippen molar-refractivity contribution in [2.45, 2.75) is 31.8 Å². The number of nitrogens with zero attached hydrogens (tertiary/aromatic N) is 1. The minimum atomic E-state index is -0.528. The van der Waals surface area contributed by atoms with Crippen molar-refractivity contribution >= 4 is 24.0 Å². The smallest absolute Gasteiger partial charge is 0.287 e. The highest BCUT2D eigenvalue weighted by Gasteiger charge is 2.22. The van der Waals surface area contributed by atoms with Gasteiger partial charge in [0.05, 0.1) is 11.1 Å². The van der Waals surface area contributed by atoms with Crippen molar-refractivity contribution in [2.75, 3.05) is 6.54 Å². The fraction of sp³-hybridized carbons (Fsp3) is 0.545. The number of piperidine rings is 1. The van der Waals surface area contributed by atoms with E-state index in [9.17, 15) is 14.9 Å². The van der Waals surface area contributed by atoms with Crippen LogP contribution in [-0.2, 0) is 0 Å². The number of carbonyl (C=O) groups is 1. The van der Waals surface area contributed by atoms with E-state index in [1.807, 2.05) is 0 Å². The number of aromatic amines is 1. The van der Waals surface area contributed by atoms with Crippen LogP contribution < -0.4 is 10.6 Å². The van der Waals surface area contributed by atoms with E-state index in [4.69, 9.17) is 0 Å². The van der Waals surface area contributed by atoms with Gasteiger partial charge in [0.1, 0.15) is 5.69 Å². The summed E-state index contributed by atoms with van der Waals surface area (Å²) in [6.07, 6.45) is 2.97. The Bertz CT molecular complexity index is 463. The molecule has 2 atom stereocenters. The topological polar surface area (TPSA) is 100 Å². The van der Waals surface area contributed by atoms with E-state index in [0.717, 1.165) is 19.4 Å². The van der Waals surface area contributed by atoms with Gasteiger partial charge in [0.2, 0.25) is 0 Å². The van der Waals surface area contributed by atoms with E-state index in [-0.39, 0.29) is 35.7 Å². The zero-order valence-corrected chi connectivity index (χ0v) is 11.3. The maximum Gasteiger partial charge on any atom is 0.287 e. The van der Waals surface area contributed by atoms with Crippen LogP contribution in [0.5, 0.6) is 0 Å². The second kappa shape index (κ2) is 6.53. The maximum absolute atomic E-state index is 11.9. The molecule has 7 nitrogen and oxygen atoms in total. The van der Waals surface area contributed by atoms with E-state index in [1.165, 1.54) is 12.3 Å². The molecule has 1 aromatic heterocycles. The largest absolute Gasteiger partial charge is 0.351 e. The highest BCUT2D eigenvalue weighted by Crippen LogP contribution is 2.13. The zero-order chi connectivity index (χ0) is 13.1. The second-order valence-corrected chi connectivity index (χ2v) is 4.58. The van der Waals surface area contributed by atoms with Crippen LogP contribution in [0, 0.1) is 10.1 Å². The minimum absolute atomic E-state index is 0. The van der Waals surface area contributed by atoms with Crippen molar-refractivity contribution in [3.63, 3.8) is 0 Å². The summed E-state index contributed by atoms with van der Waals surface area (Å²) >= 11 is 0. The number of carbonyl (C=O) groups excluding carboxylic acids is 1. The monoisotopic (exact) mass is 288 g/mol. The van der Waals surface area contributed by atoms with Gasteiger partial charge in [-0.05, 0) is 26.3 Å². The predicted molar refractivity (Wildman–Crippen MR) is 72.6 cm³/mol. The Balaban J connectivity index is 0.00000180. The van der Waals surface area contributed by atoms with Crippen LogP contribution in [-0.4, -0.2) is 34.4 Å². The van der Waals surface area contributed by atoms with Crippen molar-refractivity contribution in [3.8, 4) is 0 Å². The molecule has 0 saturated carbocycles. The Hall–Kier alpha value is -1.60. The SMILES string of the molecule is CC1CC(NC(=O)c2cc([N+](=O)[O-])c[nH]2)CCN1.Cl. The molecular formula is C11H17ClN4O3. The van der Waals surface area contributed by atoms with Gasteiger partial charge >= 0.3 is 0 Å². The first-order chi connectivity index (χ1) is 8.56. The number of halogens is 1. The molecule has 8 heteroatoms. The van der Waals surface area contributed by atoms with Crippen LogP contribution in [0.25, 0.3) is 0 Å². The van der Waals surface area contributed by atoms with Crippen LogP contribution in [0.3, 0.4) is 0 Å². The third kappa shape index (κ3) is 3.93. The average Bonchev–Trinajstić information content (AvgIpc) is 2.78. The molecule has 1 amide bonds. The molecule has 1 fully saturated rings. The summed E-state index contributed by atoms with van der Waals surface area (Å²) in [6.45, 7) is 2.94. The van der Waals surface area contributed by atoms with E-state index in [1.54, 1.807) is 0 Å². The molecule has 1 aromatic rings. The molecule has 2 rings (SSSR count). The van der Waals surface area contributed by atoms with Crippen molar-refractivity contribution in [2.24, 2.45) is 0 Å². The van der Waals surface area contributed by atoms with Gasteiger partial charge in [-0.15, -0.1) is 12.4 Å². The highest BCUT2D eigenvalue weighted by molar-refractivity contribution is 5.93. The number of nitrogens with one attached hydrogen (secondary N) is 3. The number of rotatable bonds is 3. The number of aromatic nitrogens is 1. The van der Waals surface area contributed by atoms with Gasteiger partial charge in [-0.25, -0.2) is 0 Å². The van der Waals surface area contributed by atoms with Gasteiger partial charge in [-0.3, -0.25) is 14.9 Å². The summed E-state index contributed by atoms with van der Waals surface area (Å²) < 4.78 is 0. The maximum atomic E-state index is 11.9. The van der Waals surface area contributed by atoms with Crippen LogP contribution in [0.4, 0.5) is 5.69 Å². The van der Waals surface area contributed by atoms with Gasteiger partial charge in [0.15, 0.2) is 0 Å². The summed E-state index contributed by atoms with van der Waals surface area (Å²) in [7, 11) is 0. The minimum Gasteiger partial charge on any atom is -0.351 e. The number of H-pyrrole nitrogens is 1. The lowest BCUT2D eigenvalue weighted by Gasteiger charge is -2.28. The first-order valence-corrected chi connectivity index (χ1v) is 5.93. The molecule has 1 aliphatic heterocycles. The Morgan fingerprint density at radius 2 is 2.32 bits per heavy atom. The van der Waals surface area contributed by atoms with Gasteiger partial charge in [-0.1, -0.05) is 0 Å². The van der Waals surface area contributed by atoms with Crippen LogP contribution in [0.2, 0.25) is 0 Å². The summed E-state index contributed by atoms with van der Waals surface area (Å²) in [4.78, 5) is 24.5. The quantitative estimate of drug-likeness (QED) is 0.575. The van der Waals surface area contributed by atoms with Crippen LogP contribution in [0.1, 0.15) is 30.3 Å². The summed E-state index contributed by atoms with van der Waals surface area (Å²) in [5.74, 6) is -0.290.